The van der Waals surface area contributed by atoms with E-state index in [-0.39, 0.29) is 0 Å². The van der Waals surface area contributed by atoms with Crippen molar-refractivity contribution in [2.45, 2.75) is 59.3 Å². The predicted molar refractivity (Wildman–Crippen MR) is 81.5 cm³/mol. The average molecular weight is 247 g/mol. The largest absolute Gasteiger partial charge is 0.317 e. The van der Waals surface area contributed by atoms with E-state index in [4.69, 9.17) is 0 Å². The molecule has 0 aliphatic carbocycles. The van der Waals surface area contributed by atoms with Gasteiger partial charge in [0.1, 0.15) is 0 Å². The summed E-state index contributed by atoms with van der Waals surface area (Å²) in [5, 5.41) is 3.43. The van der Waals surface area contributed by atoms with Crippen LogP contribution in [-0.2, 0) is 0 Å². The van der Waals surface area contributed by atoms with Gasteiger partial charge in [0.05, 0.1) is 0 Å². The van der Waals surface area contributed by atoms with Crippen molar-refractivity contribution in [2.75, 3.05) is 13.1 Å². The molecule has 0 spiro atoms. The van der Waals surface area contributed by atoms with Gasteiger partial charge in [-0.2, -0.15) is 0 Å². The van der Waals surface area contributed by atoms with Crippen LogP contribution in [0.25, 0.3) is 0 Å². The van der Waals surface area contributed by atoms with Gasteiger partial charge in [-0.3, -0.25) is 0 Å². The van der Waals surface area contributed by atoms with Crippen LogP contribution in [-0.4, -0.2) is 13.1 Å². The van der Waals surface area contributed by atoms with Crippen LogP contribution in [0, 0.1) is 6.92 Å². The molecule has 1 heteroatoms. The number of benzene rings is 1. The Morgan fingerprint density at radius 3 is 2.28 bits per heavy atom. The lowest BCUT2D eigenvalue weighted by atomic mass is 9.86. The Kier molecular flexibility index (Phi) is 6.42. The number of nitrogens with one attached hydrogen (secondary N) is 1. The molecular formula is C17H29N. The first-order chi connectivity index (χ1) is 8.68. The van der Waals surface area contributed by atoms with Gasteiger partial charge in [-0.15, -0.1) is 0 Å². The van der Waals surface area contributed by atoms with E-state index in [1.807, 2.05) is 13.8 Å². The molecule has 0 saturated carbocycles. The van der Waals surface area contributed by atoms with E-state index in [0.717, 1.165) is 5.92 Å². The Morgan fingerprint density at radius 1 is 1.11 bits per heavy atom. The van der Waals surface area contributed by atoms with Crippen molar-refractivity contribution in [2.24, 2.45) is 0 Å². The van der Waals surface area contributed by atoms with Crippen LogP contribution >= 0.6 is 0 Å². The lowest BCUT2D eigenvalue weighted by Gasteiger charge is -2.24. The molecule has 1 aromatic carbocycles. The van der Waals surface area contributed by atoms with Crippen molar-refractivity contribution in [1.82, 2.24) is 5.32 Å². The molecule has 0 amide bonds. The molecular weight excluding hydrogens is 218 g/mol. The normalized spacial score (nSPS) is 16.3. The molecule has 102 valence electrons. The number of piperidine rings is 1. The second-order valence-corrected chi connectivity index (χ2v) is 5.29. The second kappa shape index (κ2) is 7.58. The van der Waals surface area contributed by atoms with Gasteiger partial charge in [0.25, 0.3) is 0 Å². The van der Waals surface area contributed by atoms with E-state index in [1.165, 1.54) is 37.1 Å². The first-order valence-electron chi connectivity index (χ1n) is 7.49. The summed E-state index contributed by atoms with van der Waals surface area (Å²) in [4.78, 5) is 0. The van der Waals surface area contributed by atoms with Crippen LogP contribution in [0.15, 0.2) is 18.2 Å². The smallest absolute Gasteiger partial charge is 0.00431 e. The third-order valence-corrected chi connectivity index (χ3v) is 3.74. The highest BCUT2D eigenvalue weighted by atomic mass is 14.9. The zero-order chi connectivity index (χ0) is 13.5. The maximum Gasteiger partial charge on any atom is -0.00431 e. The maximum atomic E-state index is 3.43. The summed E-state index contributed by atoms with van der Waals surface area (Å²) in [7, 11) is 0. The Labute approximate surface area is 113 Å². The Hall–Kier alpha value is -0.820. The van der Waals surface area contributed by atoms with E-state index in [9.17, 15) is 0 Å². The molecule has 0 radical (unpaired) electrons. The zero-order valence-electron chi connectivity index (χ0n) is 12.7. The monoisotopic (exact) mass is 247 g/mol. The fraction of sp³-hybridized carbons (Fsp3) is 0.647. The Balaban J connectivity index is 0.000000771. The minimum Gasteiger partial charge on any atom is -0.317 e. The predicted octanol–water partition coefficient (Wildman–Crippen LogP) is 4.61. The molecule has 1 saturated heterocycles. The zero-order valence-corrected chi connectivity index (χ0v) is 12.7. The Bertz CT molecular complexity index is 349. The number of rotatable bonds is 2. The molecule has 18 heavy (non-hydrogen) atoms. The molecule has 1 aliphatic rings. The quantitative estimate of drug-likeness (QED) is 0.804. The van der Waals surface area contributed by atoms with Crippen molar-refractivity contribution >= 4 is 0 Å². The van der Waals surface area contributed by atoms with Crippen LogP contribution in [0.5, 0.6) is 0 Å². The van der Waals surface area contributed by atoms with Crippen LogP contribution in [0.3, 0.4) is 0 Å². The van der Waals surface area contributed by atoms with Gasteiger partial charge in [-0.1, -0.05) is 45.9 Å². The highest BCUT2D eigenvalue weighted by molar-refractivity contribution is 5.35. The summed E-state index contributed by atoms with van der Waals surface area (Å²) in [6.45, 7) is 13.1. The van der Waals surface area contributed by atoms with Crippen LogP contribution in [0.2, 0.25) is 0 Å². The van der Waals surface area contributed by atoms with Crippen molar-refractivity contribution < 1.29 is 0 Å². The van der Waals surface area contributed by atoms with Gasteiger partial charge in [-0.25, -0.2) is 0 Å². The minimum absolute atomic E-state index is 0.640. The van der Waals surface area contributed by atoms with Gasteiger partial charge in [0.15, 0.2) is 0 Å². The highest BCUT2D eigenvalue weighted by Gasteiger charge is 2.16. The SMILES string of the molecule is CC.Cc1ccc(C2CCNCC2)cc1C(C)C. The third kappa shape index (κ3) is 3.84. The number of aryl methyl sites for hydroxylation is 1. The maximum absolute atomic E-state index is 3.43. The molecule has 0 aromatic heterocycles. The van der Waals surface area contributed by atoms with Crippen molar-refractivity contribution in [3.63, 3.8) is 0 Å². The fourth-order valence-corrected chi connectivity index (χ4v) is 2.69. The second-order valence-electron chi connectivity index (χ2n) is 5.29. The first kappa shape index (κ1) is 15.2. The molecule has 1 aliphatic heterocycles. The van der Waals surface area contributed by atoms with Crippen LogP contribution < -0.4 is 5.32 Å². The lowest BCUT2D eigenvalue weighted by Crippen LogP contribution is -2.26. The standard InChI is InChI=1S/C15H23N.C2H6/c1-11(2)15-10-14(5-4-12(15)3)13-6-8-16-9-7-13;1-2/h4-5,10-11,13,16H,6-9H2,1-3H3;1-2H3. The lowest BCUT2D eigenvalue weighted by molar-refractivity contribution is 0.460. The molecule has 1 aromatic rings. The molecule has 0 bridgehead atoms. The summed E-state index contributed by atoms with van der Waals surface area (Å²) < 4.78 is 0. The van der Waals surface area contributed by atoms with Crippen molar-refractivity contribution in [3.05, 3.63) is 34.9 Å². The number of hydrogen-bond donors (Lipinski definition) is 1. The first-order valence-corrected chi connectivity index (χ1v) is 7.49. The molecule has 2 rings (SSSR count). The molecule has 0 unspecified atom stereocenters. The summed E-state index contributed by atoms with van der Waals surface area (Å²) in [6, 6.07) is 7.07. The highest BCUT2D eigenvalue weighted by Crippen LogP contribution is 2.29. The molecule has 1 heterocycles. The van der Waals surface area contributed by atoms with E-state index < -0.39 is 0 Å². The third-order valence-electron chi connectivity index (χ3n) is 3.74. The molecule has 1 nitrogen and oxygen atoms in total. The van der Waals surface area contributed by atoms with Crippen LogP contribution in [0.1, 0.15) is 69.1 Å². The topological polar surface area (TPSA) is 12.0 Å². The summed E-state index contributed by atoms with van der Waals surface area (Å²) in [5.41, 5.74) is 4.51. The van der Waals surface area contributed by atoms with E-state index in [0.29, 0.717) is 5.92 Å². The minimum atomic E-state index is 0.640. The van der Waals surface area contributed by atoms with Gasteiger partial charge in [-0.05, 0) is 61.4 Å². The van der Waals surface area contributed by atoms with Crippen molar-refractivity contribution in [1.29, 1.82) is 0 Å². The van der Waals surface area contributed by atoms with Gasteiger partial charge in [0, 0.05) is 0 Å². The number of hydrogen-bond acceptors (Lipinski definition) is 1. The molecule has 1 fully saturated rings. The summed E-state index contributed by atoms with van der Waals surface area (Å²) >= 11 is 0. The summed E-state index contributed by atoms with van der Waals surface area (Å²) in [6.07, 6.45) is 2.58. The molecule has 0 atom stereocenters. The Morgan fingerprint density at radius 2 is 1.72 bits per heavy atom. The summed E-state index contributed by atoms with van der Waals surface area (Å²) in [5.74, 6) is 1.42. The van der Waals surface area contributed by atoms with Gasteiger partial charge in [0.2, 0.25) is 0 Å². The fourth-order valence-electron chi connectivity index (χ4n) is 2.69. The van der Waals surface area contributed by atoms with E-state index >= 15 is 0 Å². The van der Waals surface area contributed by atoms with E-state index in [1.54, 1.807) is 5.56 Å². The van der Waals surface area contributed by atoms with Crippen molar-refractivity contribution in [3.8, 4) is 0 Å². The average Bonchev–Trinajstić information content (AvgIpc) is 2.42. The molecule has 1 N–H and O–H groups in total. The van der Waals surface area contributed by atoms with Gasteiger partial charge < -0.3 is 5.32 Å². The van der Waals surface area contributed by atoms with Gasteiger partial charge >= 0.3 is 0 Å². The van der Waals surface area contributed by atoms with Crippen LogP contribution in [0.4, 0.5) is 0 Å². The van der Waals surface area contributed by atoms with E-state index in [2.05, 4.69) is 44.3 Å².